The Morgan fingerprint density at radius 3 is 2.81 bits per heavy atom. The predicted octanol–water partition coefficient (Wildman–Crippen LogP) is 0.537. The van der Waals surface area contributed by atoms with E-state index in [1.54, 1.807) is 0 Å². The zero-order chi connectivity index (χ0) is 12.1. The van der Waals surface area contributed by atoms with E-state index in [0.29, 0.717) is 18.9 Å². The number of aliphatic carboxylic acids is 1. The Bertz CT molecular complexity index is 260. The maximum atomic E-state index is 11.7. The van der Waals surface area contributed by atoms with Gasteiger partial charge in [-0.15, -0.1) is 0 Å². The van der Waals surface area contributed by atoms with E-state index in [0.717, 1.165) is 12.8 Å². The molecule has 0 N–H and O–H groups in total. The predicted molar refractivity (Wildman–Crippen MR) is 56.6 cm³/mol. The normalized spacial score (nSPS) is 26.1. The van der Waals surface area contributed by atoms with Gasteiger partial charge >= 0.3 is 0 Å². The van der Waals surface area contributed by atoms with Gasteiger partial charge in [0, 0.05) is 19.0 Å². The highest BCUT2D eigenvalue weighted by molar-refractivity contribution is 5.84. The number of carboxylic acid groups (broad SMARTS) is 1. The summed E-state index contributed by atoms with van der Waals surface area (Å²) in [7, 11) is 0. The molecule has 0 spiro atoms. The fourth-order valence-electron chi connectivity index (χ4n) is 2.04. The Morgan fingerprint density at radius 1 is 1.56 bits per heavy atom. The molecule has 2 atom stereocenters. The smallest absolute Gasteiger partial charge is 0.161 e. The molecule has 0 aromatic rings. The zero-order valence-electron chi connectivity index (χ0n) is 9.90. The molecule has 92 valence electrons. The first-order valence-electron chi connectivity index (χ1n) is 5.85. The summed E-state index contributed by atoms with van der Waals surface area (Å²) in [6.07, 6.45) is 1.40. The summed E-state index contributed by atoms with van der Waals surface area (Å²) in [5.41, 5.74) is 0. The van der Waals surface area contributed by atoms with Crippen molar-refractivity contribution in [3.63, 3.8) is 0 Å². The van der Waals surface area contributed by atoms with Crippen LogP contribution in [0.4, 0.5) is 0 Å². The third-order valence-electron chi connectivity index (χ3n) is 2.78. The van der Waals surface area contributed by atoms with Gasteiger partial charge in [0.1, 0.15) is 6.10 Å². The molecule has 0 aromatic carbocycles. The van der Waals surface area contributed by atoms with Gasteiger partial charge in [-0.05, 0) is 31.1 Å². The minimum absolute atomic E-state index is 0.0400. The van der Waals surface area contributed by atoms with Crippen molar-refractivity contribution in [3.05, 3.63) is 0 Å². The summed E-state index contributed by atoms with van der Waals surface area (Å²) in [5.74, 6) is -0.917. The average Bonchev–Trinajstić information content (AvgIpc) is 2.15. The van der Waals surface area contributed by atoms with E-state index >= 15 is 0 Å². The summed E-state index contributed by atoms with van der Waals surface area (Å²) >= 11 is 0. The lowest BCUT2D eigenvalue weighted by atomic mass is 9.83. The van der Waals surface area contributed by atoms with Crippen molar-refractivity contribution in [2.75, 3.05) is 6.61 Å². The van der Waals surface area contributed by atoms with Crippen molar-refractivity contribution >= 4 is 11.8 Å². The van der Waals surface area contributed by atoms with Gasteiger partial charge in [0.15, 0.2) is 5.78 Å². The number of rotatable bonds is 5. The summed E-state index contributed by atoms with van der Waals surface area (Å²) in [6.45, 7) is 4.50. The van der Waals surface area contributed by atoms with Crippen LogP contribution in [0.3, 0.4) is 0 Å². The maximum Gasteiger partial charge on any atom is 0.161 e. The van der Waals surface area contributed by atoms with Crippen molar-refractivity contribution in [3.8, 4) is 0 Å². The molecule has 1 saturated carbocycles. The van der Waals surface area contributed by atoms with Crippen LogP contribution in [0, 0.1) is 11.8 Å². The fraction of sp³-hybridized carbons (Fsp3) is 0.833. The molecule has 1 rings (SSSR count). The lowest BCUT2D eigenvalue weighted by Crippen LogP contribution is -2.40. The van der Waals surface area contributed by atoms with Gasteiger partial charge in [-0.1, -0.05) is 13.8 Å². The van der Waals surface area contributed by atoms with E-state index in [9.17, 15) is 14.7 Å². The molecule has 16 heavy (non-hydrogen) atoms. The molecule has 0 saturated heterocycles. The molecule has 1 aliphatic rings. The second-order valence-electron chi connectivity index (χ2n) is 4.84. The molecule has 0 aliphatic heterocycles. The van der Waals surface area contributed by atoms with Gasteiger partial charge in [0.05, 0.1) is 0 Å². The van der Waals surface area contributed by atoms with E-state index in [1.807, 2.05) is 13.8 Å². The molecule has 0 unspecified atom stereocenters. The number of ether oxygens (including phenoxy) is 1. The van der Waals surface area contributed by atoms with Crippen LogP contribution in [-0.4, -0.2) is 24.5 Å². The van der Waals surface area contributed by atoms with Gasteiger partial charge in [-0.25, -0.2) is 0 Å². The largest absolute Gasteiger partial charge is 0.550 e. The Hall–Kier alpha value is -0.900. The molecule has 1 aliphatic carbocycles. The van der Waals surface area contributed by atoms with Crippen LogP contribution in [0.25, 0.3) is 0 Å². The van der Waals surface area contributed by atoms with Crippen molar-refractivity contribution in [1.29, 1.82) is 0 Å². The summed E-state index contributed by atoms with van der Waals surface area (Å²) in [4.78, 5) is 22.2. The quantitative estimate of drug-likeness (QED) is 0.687. The molecule has 0 heterocycles. The number of carboxylic acids is 1. The SMILES string of the molecule is CC(C)CO[C@H]1C(=O)CCC[C@@H]1CC(=O)[O-]. The highest BCUT2D eigenvalue weighted by Crippen LogP contribution is 2.27. The van der Waals surface area contributed by atoms with E-state index < -0.39 is 12.1 Å². The van der Waals surface area contributed by atoms with Gasteiger partial charge in [0.25, 0.3) is 0 Å². The van der Waals surface area contributed by atoms with Crippen LogP contribution >= 0.6 is 0 Å². The first-order chi connectivity index (χ1) is 7.50. The van der Waals surface area contributed by atoms with Gasteiger partial charge in [-0.2, -0.15) is 0 Å². The number of ketones is 1. The van der Waals surface area contributed by atoms with E-state index in [2.05, 4.69) is 0 Å². The second kappa shape index (κ2) is 5.99. The molecule has 0 amide bonds. The van der Waals surface area contributed by atoms with Crippen molar-refractivity contribution in [2.45, 2.75) is 45.6 Å². The van der Waals surface area contributed by atoms with Gasteiger partial charge < -0.3 is 14.6 Å². The maximum absolute atomic E-state index is 11.7. The Morgan fingerprint density at radius 2 is 2.25 bits per heavy atom. The van der Waals surface area contributed by atoms with E-state index in [1.165, 1.54) is 0 Å². The van der Waals surface area contributed by atoms with Crippen LogP contribution in [-0.2, 0) is 14.3 Å². The number of hydrogen-bond donors (Lipinski definition) is 0. The third-order valence-corrected chi connectivity index (χ3v) is 2.78. The fourth-order valence-corrected chi connectivity index (χ4v) is 2.04. The van der Waals surface area contributed by atoms with Crippen LogP contribution in [0.1, 0.15) is 39.5 Å². The minimum Gasteiger partial charge on any atom is -0.550 e. The molecule has 0 bridgehead atoms. The van der Waals surface area contributed by atoms with Gasteiger partial charge in [0.2, 0.25) is 0 Å². The number of hydrogen-bond acceptors (Lipinski definition) is 4. The lowest BCUT2D eigenvalue weighted by molar-refractivity contribution is -0.307. The van der Waals surface area contributed by atoms with Crippen LogP contribution in [0.15, 0.2) is 0 Å². The highest BCUT2D eigenvalue weighted by Gasteiger charge is 2.32. The minimum atomic E-state index is -1.10. The molecule has 0 aromatic heterocycles. The van der Waals surface area contributed by atoms with Crippen LogP contribution in [0.2, 0.25) is 0 Å². The first kappa shape index (κ1) is 13.2. The van der Waals surface area contributed by atoms with Crippen molar-refractivity contribution in [2.24, 2.45) is 11.8 Å². The van der Waals surface area contributed by atoms with Crippen molar-refractivity contribution < 1.29 is 19.4 Å². The summed E-state index contributed by atoms with van der Waals surface area (Å²) in [5, 5.41) is 10.6. The molecule has 4 heteroatoms. The average molecular weight is 227 g/mol. The Labute approximate surface area is 96.0 Å². The molecular weight excluding hydrogens is 208 g/mol. The number of carbonyl (C=O) groups is 2. The monoisotopic (exact) mass is 227 g/mol. The standard InChI is InChI=1S/C12H20O4/c1-8(2)7-16-12-9(6-11(14)15)4-3-5-10(12)13/h8-9,12H,3-7H2,1-2H3,(H,14,15)/p-1/t9-,12-/m1/s1. The first-order valence-corrected chi connectivity index (χ1v) is 5.85. The summed E-state index contributed by atoms with van der Waals surface area (Å²) in [6, 6.07) is 0. The molecule has 1 fully saturated rings. The molecule has 4 nitrogen and oxygen atoms in total. The summed E-state index contributed by atoms with van der Waals surface area (Å²) < 4.78 is 5.53. The number of carbonyl (C=O) groups excluding carboxylic acids is 2. The van der Waals surface area contributed by atoms with E-state index in [4.69, 9.17) is 4.74 Å². The zero-order valence-corrected chi connectivity index (χ0v) is 9.90. The third kappa shape index (κ3) is 3.93. The Kier molecular flexibility index (Phi) is 4.93. The van der Waals surface area contributed by atoms with Gasteiger partial charge in [-0.3, -0.25) is 4.79 Å². The van der Waals surface area contributed by atoms with E-state index in [-0.39, 0.29) is 18.1 Å². The second-order valence-corrected chi connectivity index (χ2v) is 4.84. The number of Topliss-reactive ketones (excluding diaryl/α,β-unsaturated/α-hetero) is 1. The highest BCUT2D eigenvalue weighted by atomic mass is 16.5. The lowest BCUT2D eigenvalue weighted by Gasteiger charge is -2.31. The van der Waals surface area contributed by atoms with Crippen LogP contribution in [0.5, 0.6) is 0 Å². The Balaban J connectivity index is 2.56. The van der Waals surface area contributed by atoms with Crippen molar-refractivity contribution in [1.82, 2.24) is 0 Å². The molecular formula is C12H19O4-. The topological polar surface area (TPSA) is 66.4 Å². The molecule has 0 radical (unpaired) electrons. The van der Waals surface area contributed by atoms with Crippen LogP contribution < -0.4 is 5.11 Å².